The summed E-state index contributed by atoms with van der Waals surface area (Å²) < 4.78 is 34.1. The molecule has 0 saturated carbocycles. The van der Waals surface area contributed by atoms with E-state index in [9.17, 15) is 69.3 Å². The summed E-state index contributed by atoms with van der Waals surface area (Å²) in [6.07, 6.45) is 14.8. The zero-order valence-electron chi connectivity index (χ0n) is 50.1. The third-order valence-electron chi connectivity index (χ3n) is 12.8. The van der Waals surface area contributed by atoms with Gasteiger partial charge < -0.3 is 68.9 Å². The van der Waals surface area contributed by atoms with Gasteiger partial charge in [0.1, 0.15) is 40.3 Å². The second-order valence-electron chi connectivity index (χ2n) is 19.6. The van der Waals surface area contributed by atoms with Crippen LogP contribution in [0.3, 0.4) is 0 Å². The molecule has 7 aliphatic rings. The van der Waals surface area contributed by atoms with Crippen molar-refractivity contribution in [3.05, 3.63) is 168 Å². The third-order valence-corrected chi connectivity index (χ3v) is 12.8. The average Bonchev–Trinajstić information content (AvgIpc) is 4.49. The van der Waals surface area contributed by atoms with Gasteiger partial charge in [0.25, 0.3) is 0 Å². The predicted molar refractivity (Wildman–Crippen MR) is 317 cm³/mol. The van der Waals surface area contributed by atoms with Crippen molar-refractivity contribution >= 4 is 41.8 Å². The maximum atomic E-state index is 11.2. The van der Waals surface area contributed by atoms with Crippen LogP contribution in [-0.2, 0) is 66.7 Å². The minimum Gasteiger partial charge on any atom is -0.508 e. The Morgan fingerprint density at radius 1 is 0.341 bits per heavy atom. The van der Waals surface area contributed by atoms with E-state index < -0.39 is 84.5 Å². The fourth-order valence-electron chi connectivity index (χ4n) is 8.26. The van der Waals surface area contributed by atoms with E-state index >= 15 is 0 Å². The zero-order chi connectivity index (χ0) is 64.8. The number of hydrogen-bond donors (Lipinski definition) is 7. The zero-order valence-corrected chi connectivity index (χ0v) is 50.1. The highest BCUT2D eigenvalue weighted by Crippen LogP contribution is 2.31. The van der Waals surface area contributed by atoms with Crippen LogP contribution in [0.25, 0.3) is 0 Å². The molecule has 0 aromatic heterocycles. The number of carbonyl (C=O) groups excluding carboxylic acids is 7. The van der Waals surface area contributed by atoms with Gasteiger partial charge in [0, 0.05) is 44.9 Å². The van der Waals surface area contributed by atoms with Crippen molar-refractivity contribution in [2.45, 2.75) is 182 Å². The monoisotopic (exact) mass is 1190 g/mol. The van der Waals surface area contributed by atoms with Crippen LogP contribution in [0.5, 0.6) is 0 Å². The predicted octanol–water partition coefficient (Wildman–Crippen LogP) is 12.2. The Morgan fingerprint density at radius 2 is 0.553 bits per heavy atom. The van der Waals surface area contributed by atoms with Crippen LogP contribution in [-0.4, -0.2) is 120 Å². The molecule has 7 N–H and O–H groups in total. The van der Waals surface area contributed by atoms with Gasteiger partial charge >= 0.3 is 41.8 Å². The molecule has 7 atom stereocenters. The van der Waals surface area contributed by atoms with Crippen LogP contribution >= 0.6 is 0 Å². The Morgan fingerprint density at radius 3 is 0.741 bits per heavy atom. The normalized spacial score (nSPS) is 22.7. The van der Waals surface area contributed by atoms with Crippen molar-refractivity contribution in [1.82, 2.24) is 0 Å². The fraction of sp³-hybridized carbons (Fsp3) is 0.453. The van der Waals surface area contributed by atoms with Gasteiger partial charge in [-0.1, -0.05) is 96.9 Å². The molecule has 0 bridgehead atoms. The summed E-state index contributed by atoms with van der Waals surface area (Å²) in [7, 11) is 0. The van der Waals surface area contributed by atoms with E-state index in [2.05, 4.69) is 46.1 Å². The van der Waals surface area contributed by atoms with E-state index in [4.69, 9.17) is 33.2 Å². The summed E-state index contributed by atoms with van der Waals surface area (Å²) in [5.74, 6) is -2.37. The summed E-state index contributed by atoms with van der Waals surface area (Å²) in [4.78, 5) is 77.5. The molecule has 0 spiro atoms. The van der Waals surface area contributed by atoms with Gasteiger partial charge in [-0.15, -0.1) is 46.1 Å². The number of ether oxygens (including phenoxy) is 7. The first-order valence-electron chi connectivity index (χ1n) is 27.9. The quantitative estimate of drug-likeness (QED) is 0.0319. The molecule has 7 aliphatic heterocycles. The number of allylic oxidation sites excluding steroid dienone is 7. The number of aliphatic hydroxyl groups excluding tert-OH is 7. The molecule has 21 heteroatoms. The second-order valence-corrected chi connectivity index (χ2v) is 19.6. The second kappa shape index (κ2) is 37.5. The summed E-state index contributed by atoms with van der Waals surface area (Å²) in [5.41, 5.74) is 2.39. The maximum absolute atomic E-state index is 11.2. The summed E-state index contributed by atoms with van der Waals surface area (Å²) >= 11 is 0. The van der Waals surface area contributed by atoms with Crippen LogP contribution in [0.1, 0.15) is 139 Å². The minimum atomic E-state index is -0.488. The molecule has 0 aromatic carbocycles. The fourth-order valence-corrected chi connectivity index (χ4v) is 8.26. The molecule has 21 nitrogen and oxygen atoms in total. The Bertz CT molecular complexity index is 2580. The smallest absolute Gasteiger partial charge is 0.338 e. The summed E-state index contributed by atoms with van der Waals surface area (Å²) in [6.45, 7) is 39.2. The van der Waals surface area contributed by atoms with E-state index in [0.29, 0.717) is 110 Å². The molecule has 0 aliphatic carbocycles. The van der Waals surface area contributed by atoms with Crippen LogP contribution in [0.4, 0.5) is 0 Å². The van der Waals surface area contributed by atoms with Crippen molar-refractivity contribution in [3.8, 4) is 0 Å². The third kappa shape index (κ3) is 21.1. The lowest BCUT2D eigenvalue weighted by atomic mass is 10.0. The van der Waals surface area contributed by atoms with Crippen LogP contribution < -0.4 is 0 Å². The van der Waals surface area contributed by atoms with E-state index in [1.54, 1.807) is 56.4 Å². The molecule has 0 aromatic rings. The highest BCUT2D eigenvalue weighted by molar-refractivity contribution is 5.95. The molecule has 85 heavy (non-hydrogen) atoms. The Balaban J connectivity index is 0.000000496. The molecule has 0 fully saturated rings. The van der Waals surface area contributed by atoms with Gasteiger partial charge in [0.15, 0.2) is 42.7 Å². The first kappa shape index (κ1) is 74.3. The van der Waals surface area contributed by atoms with Gasteiger partial charge in [-0.05, 0) is 45.4 Å². The van der Waals surface area contributed by atoms with E-state index in [0.717, 1.165) is 12.8 Å². The summed E-state index contributed by atoms with van der Waals surface area (Å²) in [6, 6.07) is 0. The topological polar surface area (TPSA) is 326 Å². The van der Waals surface area contributed by atoms with Gasteiger partial charge in [-0.3, -0.25) is 0 Å². The number of carbonyl (C=O) groups is 7. The molecule has 0 radical (unpaired) electrons. The number of cyclic esters (lactones) is 7. The number of esters is 7. The Kier molecular flexibility index (Phi) is 32.7. The van der Waals surface area contributed by atoms with E-state index in [1.165, 1.54) is 0 Å². The molecular formula is C64H86O21. The lowest BCUT2D eigenvalue weighted by Gasteiger charge is -2.13. The maximum Gasteiger partial charge on any atom is 0.338 e. The standard InChI is InChI=1S/3C10H14O3.2C9H12O3.2C8H10O3/c1-4-5-7-8(11)9(6(2)3)13-10(7)12;2*1-3-5-7-9(11)8(6-4-2)13-10(7)12;2*1-3-5-6-8(10)7(4-2)12-9(6)11;2*1-3-4-6-7(9)5(2)11-8(6)10/h4,6,9,11H,1,5H2,2-3H3;2*3,8,11H,1,4-6H2,2H3;2*3,7,10H,1,4-5H2,2H3;2*3,5,9H,1,4H2,2H3/t9-;2*8-;2*7-;2*5-/m1101010/s1. The largest absolute Gasteiger partial charge is 0.508 e. The van der Waals surface area contributed by atoms with E-state index in [1.807, 2.05) is 41.5 Å². The van der Waals surface area contributed by atoms with Gasteiger partial charge in [-0.25, -0.2) is 33.6 Å². The Hall–Kier alpha value is -8.75. The van der Waals surface area contributed by atoms with Crippen molar-refractivity contribution in [2.75, 3.05) is 0 Å². The number of hydrogen-bond acceptors (Lipinski definition) is 21. The highest BCUT2D eigenvalue weighted by Gasteiger charge is 2.37. The SMILES string of the molecule is C=CCC1=C(O)[C@@H](C(C)C)OC1=O.C=CCC1=C(O)[C@@H](C)OC1=O.C=CCC1=C(O)[C@@H](CC)OC1=O.C=CCC1=C(O)[C@@H](CCC)OC1=O.C=CCC1=C(O)[C@H](C)OC1=O.C=CCC1=C(O)[C@H](CC)OC1=O.C=CCC1=C(O)[C@H](CCC)OC1=O. The van der Waals surface area contributed by atoms with Crippen molar-refractivity contribution in [1.29, 1.82) is 0 Å². The molecule has 468 valence electrons. The number of rotatable bonds is 21. The lowest BCUT2D eigenvalue weighted by Crippen LogP contribution is -2.18. The molecule has 0 saturated heterocycles. The lowest BCUT2D eigenvalue weighted by molar-refractivity contribution is -0.142. The van der Waals surface area contributed by atoms with Crippen LogP contribution in [0.2, 0.25) is 0 Å². The first-order chi connectivity index (χ1) is 40.2. The Labute approximate surface area is 498 Å². The molecule has 0 unspecified atom stereocenters. The van der Waals surface area contributed by atoms with Gasteiger partial charge in [-0.2, -0.15) is 0 Å². The van der Waals surface area contributed by atoms with Gasteiger partial charge in [0.05, 0.1) is 39.0 Å². The minimum absolute atomic E-state index is 0.0369. The van der Waals surface area contributed by atoms with Crippen LogP contribution in [0, 0.1) is 5.92 Å². The van der Waals surface area contributed by atoms with Gasteiger partial charge in [0.2, 0.25) is 0 Å². The van der Waals surface area contributed by atoms with E-state index in [-0.39, 0.29) is 46.2 Å². The molecule has 7 rings (SSSR count). The first-order valence-corrected chi connectivity index (χ1v) is 27.9. The van der Waals surface area contributed by atoms with Crippen molar-refractivity contribution in [3.63, 3.8) is 0 Å². The number of aliphatic hydroxyl groups is 7. The molecule has 0 amide bonds. The van der Waals surface area contributed by atoms with Crippen molar-refractivity contribution in [2.24, 2.45) is 5.92 Å². The van der Waals surface area contributed by atoms with Crippen molar-refractivity contribution < 1.29 is 102 Å². The van der Waals surface area contributed by atoms with Crippen LogP contribution in [0.15, 0.2) is 168 Å². The average molecular weight is 1190 g/mol. The molecular weight excluding hydrogens is 1100 g/mol. The molecule has 7 heterocycles. The summed E-state index contributed by atoms with van der Waals surface area (Å²) in [5, 5.41) is 66.1. The highest BCUT2D eigenvalue weighted by atomic mass is 16.6.